The number of nitrogens with one attached hydrogen (secondary N) is 1. The van der Waals surface area contributed by atoms with Crippen molar-refractivity contribution in [1.29, 1.82) is 0 Å². The van der Waals surface area contributed by atoms with Crippen molar-refractivity contribution in [3.05, 3.63) is 0 Å². The second-order valence-electron chi connectivity index (χ2n) is 4.96. The fraction of sp³-hybridized carbons (Fsp3) is 0.833. The van der Waals surface area contributed by atoms with Gasteiger partial charge in [0, 0.05) is 6.54 Å². The third-order valence-electron chi connectivity index (χ3n) is 3.13. The van der Waals surface area contributed by atoms with Gasteiger partial charge in [0.1, 0.15) is 5.41 Å². The van der Waals surface area contributed by atoms with Gasteiger partial charge in [-0.3, -0.25) is 4.79 Å². The van der Waals surface area contributed by atoms with Gasteiger partial charge in [-0.25, -0.2) is 0 Å². The molecule has 17 heavy (non-hydrogen) atoms. The molecule has 5 heteroatoms. The lowest BCUT2D eigenvalue weighted by atomic mass is 9.85. The van der Waals surface area contributed by atoms with E-state index in [9.17, 15) is 4.79 Å². The third kappa shape index (κ3) is 4.63. The highest BCUT2D eigenvalue weighted by atomic mass is 16.4. The Labute approximate surface area is 103 Å². The number of carbonyl (C=O) groups excluding carboxylic acids is 1. The minimum atomic E-state index is -0.924. The van der Waals surface area contributed by atoms with Gasteiger partial charge in [-0.15, -0.1) is 0 Å². The molecule has 100 valence electrons. The van der Waals surface area contributed by atoms with Crippen molar-refractivity contribution >= 4 is 11.7 Å². The second-order valence-corrected chi connectivity index (χ2v) is 4.96. The minimum Gasteiger partial charge on any atom is -0.409 e. The fourth-order valence-electron chi connectivity index (χ4n) is 1.48. The van der Waals surface area contributed by atoms with E-state index >= 15 is 0 Å². The van der Waals surface area contributed by atoms with Crippen LogP contribution < -0.4 is 11.1 Å². The number of nitrogens with zero attached hydrogens (tertiary/aromatic N) is 1. The molecule has 0 radical (unpaired) electrons. The quantitative estimate of drug-likeness (QED) is 0.209. The molecule has 4 N–H and O–H groups in total. The Balaban J connectivity index is 4.28. The summed E-state index contributed by atoms with van der Waals surface area (Å²) in [6, 6.07) is 0. The molecule has 0 aliphatic heterocycles. The van der Waals surface area contributed by atoms with Crippen molar-refractivity contribution in [3.63, 3.8) is 0 Å². The summed E-state index contributed by atoms with van der Waals surface area (Å²) < 4.78 is 0. The summed E-state index contributed by atoms with van der Waals surface area (Å²) >= 11 is 0. The van der Waals surface area contributed by atoms with Crippen molar-refractivity contribution in [1.82, 2.24) is 5.32 Å². The Hall–Kier alpha value is -1.26. The van der Waals surface area contributed by atoms with Gasteiger partial charge in [0.2, 0.25) is 5.91 Å². The molecule has 0 heterocycles. The van der Waals surface area contributed by atoms with Crippen molar-refractivity contribution in [2.45, 2.75) is 47.0 Å². The highest BCUT2D eigenvalue weighted by Crippen LogP contribution is 2.21. The maximum atomic E-state index is 12.0. The molecular formula is C12H25N3O2. The smallest absolute Gasteiger partial charge is 0.233 e. The summed E-state index contributed by atoms with van der Waals surface area (Å²) in [4.78, 5) is 12.0. The molecule has 0 aromatic carbocycles. The molecule has 1 unspecified atom stereocenters. The Kier molecular flexibility index (Phi) is 6.61. The molecule has 0 saturated carbocycles. The molecule has 0 aromatic rings. The predicted molar refractivity (Wildman–Crippen MR) is 68.9 cm³/mol. The molecule has 0 aromatic heterocycles. The predicted octanol–water partition coefficient (Wildman–Crippen LogP) is 1.70. The topological polar surface area (TPSA) is 87.7 Å². The zero-order valence-corrected chi connectivity index (χ0v) is 11.3. The molecule has 0 spiro atoms. The van der Waals surface area contributed by atoms with E-state index < -0.39 is 5.41 Å². The van der Waals surface area contributed by atoms with E-state index in [-0.39, 0.29) is 11.7 Å². The van der Waals surface area contributed by atoms with Crippen LogP contribution in [0.3, 0.4) is 0 Å². The number of hydrogen-bond donors (Lipinski definition) is 3. The van der Waals surface area contributed by atoms with Gasteiger partial charge in [-0.05, 0) is 32.1 Å². The minimum absolute atomic E-state index is 0.0404. The maximum Gasteiger partial charge on any atom is 0.233 e. The number of oxime groups is 1. The molecule has 0 aliphatic carbocycles. The standard InChI is InChI=1S/C12H25N3O2/c1-5-12(4,10(13)15-17)11(16)14-8-6-7-9(2)3/h9,17H,5-8H2,1-4H3,(H2,13,15)(H,14,16). The van der Waals surface area contributed by atoms with Crippen molar-refractivity contribution < 1.29 is 10.0 Å². The number of carbonyl (C=O) groups is 1. The van der Waals surface area contributed by atoms with Crippen LogP contribution in [-0.4, -0.2) is 23.5 Å². The van der Waals surface area contributed by atoms with Crippen LogP contribution in [0.15, 0.2) is 5.16 Å². The van der Waals surface area contributed by atoms with E-state index in [1.807, 2.05) is 6.92 Å². The Morgan fingerprint density at radius 1 is 1.53 bits per heavy atom. The van der Waals surface area contributed by atoms with Crippen molar-refractivity contribution in [2.75, 3.05) is 6.54 Å². The average Bonchev–Trinajstić information content (AvgIpc) is 2.31. The van der Waals surface area contributed by atoms with Gasteiger partial charge in [-0.1, -0.05) is 25.9 Å². The summed E-state index contributed by atoms with van der Waals surface area (Å²) in [7, 11) is 0. The van der Waals surface area contributed by atoms with Crippen LogP contribution in [0.25, 0.3) is 0 Å². The monoisotopic (exact) mass is 243 g/mol. The molecule has 0 bridgehead atoms. The first-order valence-corrected chi connectivity index (χ1v) is 6.14. The van der Waals surface area contributed by atoms with Gasteiger partial charge in [-0.2, -0.15) is 0 Å². The van der Waals surface area contributed by atoms with Crippen LogP contribution in [-0.2, 0) is 4.79 Å². The normalized spacial score (nSPS) is 15.7. The molecule has 1 atom stereocenters. The van der Waals surface area contributed by atoms with E-state index in [1.165, 1.54) is 0 Å². The maximum absolute atomic E-state index is 12.0. The zero-order valence-electron chi connectivity index (χ0n) is 11.3. The Bertz CT molecular complexity index is 277. The number of nitrogens with two attached hydrogens (primary N) is 1. The Morgan fingerprint density at radius 3 is 2.53 bits per heavy atom. The van der Waals surface area contributed by atoms with Gasteiger partial charge in [0.25, 0.3) is 0 Å². The average molecular weight is 243 g/mol. The van der Waals surface area contributed by atoms with E-state index in [2.05, 4.69) is 24.3 Å². The van der Waals surface area contributed by atoms with Gasteiger partial charge >= 0.3 is 0 Å². The lowest BCUT2D eigenvalue weighted by molar-refractivity contribution is -0.127. The summed E-state index contributed by atoms with van der Waals surface area (Å²) in [5.41, 5.74) is 4.63. The zero-order chi connectivity index (χ0) is 13.5. The van der Waals surface area contributed by atoms with E-state index in [4.69, 9.17) is 10.9 Å². The van der Waals surface area contributed by atoms with Crippen LogP contribution in [0.2, 0.25) is 0 Å². The molecule has 0 fully saturated rings. The van der Waals surface area contributed by atoms with Crippen LogP contribution in [0.1, 0.15) is 47.0 Å². The largest absolute Gasteiger partial charge is 0.409 e. The van der Waals surface area contributed by atoms with Crippen molar-refractivity contribution in [3.8, 4) is 0 Å². The highest BCUT2D eigenvalue weighted by Gasteiger charge is 2.35. The lowest BCUT2D eigenvalue weighted by Gasteiger charge is -2.25. The van der Waals surface area contributed by atoms with Crippen LogP contribution >= 0.6 is 0 Å². The van der Waals surface area contributed by atoms with Gasteiger partial charge in [0.05, 0.1) is 0 Å². The SMILES string of the molecule is CCC(C)(C(=O)NCCCC(C)C)C(N)=NO. The molecule has 5 nitrogen and oxygen atoms in total. The molecule has 0 rings (SSSR count). The lowest BCUT2D eigenvalue weighted by Crippen LogP contribution is -2.47. The van der Waals surface area contributed by atoms with E-state index in [0.29, 0.717) is 18.9 Å². The molecule has 0 aliphatic rings. The summed E-state index contributed by atoms with van der Waals surface area (Å²) in [5.74, 6) is 0.411. The number of hydrogen-bond acceptors (Lipinski definition) is 3. The van der Waals surface area contributed by atoms with Crippen molar-refractivity contribution in [2.24, 2.45) is 22.2 Å². The summed E-state index contributed by atoms with van der Waals surface area (Å²) in [6.45, 7) is 8.44. The molecule has 1 amide bonds. The Morgan fingerprint density at radius 2 is 2.12 bits per heavy atom. The van der Waals surface area contributed by atoms with Gasteiger partial charge < -0.3 is 16.3 Å². The molecular weight excluding hydrogens is 218 g/mol. The first-order chi connectivity index (χ1) is 7.88. The first kappa shape index (κ1) is 15.7. The number of amides is 1. The van der Waals surface area contributed by atoms with E-state index in [1.54, 1.807) is 6.92 Å². The number of rotatable bonds is 7. The highest BCUT2D eigenvalue weighted by molar-refractivity contribution is 6.06. The summed E-state index contributed by atoms with van der Waals surface area (Å²) in [6.07, 6.45) is 2.52. The van der Waals surface area contributed by atoms with E-state index in [0.717, 1.165) is 12.8 Å². The summed E-state index contributed by atoms with van der Waals surface area (Å²) in [5, 5.41) is 14.5. The second kappa shape index (κ2) is 7.14. The first-order valence-electron chi connectivity index (χ1n) is 6.14. The van der Waals surface area contributed by atoms with Crippen LogP contribution in [0.4, 0.5) is 0 Å². The fourth-order valence-corrected chi connectivity index (χ4v) is 1.48. The van der Waals surface area contributed by atoms with Crippen LogP contribution in [0, 0.1) is 11.3 Å². The van der Waals surface area contributed by atoms with Crippen LogP contribution in [0.5, 0.6) is 0 Å². The van der Waals surface area contributed by atoms with Gasteiger partial charge in [0.15, 0.2) is 5.84 Å². The third-order valence-corrected chi connectivity index (χ3v) is 3.13. The number of amidine groups is 1. The molecule has 0 saturated heterocycles.